The van der Waals surface area contributed by atoms with Gasteiger partial charge in [0.05, 0.1) is 0 Å². The molecular formula is C11H9BrO2. The summed E-state index contributed by atoms with van der Waals surface area (Å²) < 4.78 is 6.20. The number of cyclic esters (lactones) is 1. The molecule has 1 aromatic rings. The minimum atomic E-state index is -0.260. The van der Waals surface area contributed by atoms with Crippen LogP contribution in [-0.4, -0.2) is 5.97 Å². The van der Waals surface area contributed by atoms with E-state index in [1.165, 1.54) is 6.08 Å². The van der Waals surface area contributed by atoms with E-state index in [4.69, 9.17) is 4.74 Å². The fourth-order valence-corrected chi connectivity index (χ4v) is 1.66. The lowest BCUT2D eigenvalue weighted by Crippen LogP contribution is -2.12. The summed E-state index contributed by atoms with van der Waals surface area (Å²) in [5, 5.41) is 0. The molecule has 72 valence electrons. The highest BCUT2D eigenvalue weighted by atomic mass is 79.9. The summed E-state index contributed by atoms with van der Waals surface area (Å²) in [6, 6.07) is 7.81. The number of ether oxygens (including phenoxy) is 1. The number of rotatable bonds is 1. The number of carbonyl (C=O) groups excluding carboxylic acids is 1. The number of carbonyl (C=O) groups is 1. The molecule has 0 aliphatic carbocycles. The largest absolute Gasteiger partial charge is 0.454 e. The van der Waals surface area contributed by atoms with Gasteiger partial charge in [0, 0.05) is 17.0 Å². The van der Waals surface area contributed by atoms with Gasteiger partial charge in [-0.2, -0.15) is 0 Å². The smallest absolute Gasteiger partial charge is 0.331 e. The second-order valence-electron chi connectivity index (χ2n) is 3.12. The molecule has 0 N–H and O–H groups in total. The van der Waals surface area contributed by atoms with Gasteiger partial charge in [0.2, 0.25) is 0 Å². The van der Waals surface area contributed by atoms with Crippen molar-refractivity contribution in [2.75, 3.05) is 0 Å². The third kappa shape index (κ3) is 2.04. The number of hydrogen-bond acceptors (Lipinski definition) is 2. The van der Waals surface area contributed by atoms with E-state index in [1.807, 2.05) is 30.3 Å². The zero-order valence-corrected chi connectivity index (χ0v) is 9.03. The van der Waals surface area contributed by atoms with E-state index in [9.17, 15) is 4.79 Å². The van der Waals surface area contributed by atoms with Crippen LogP contribution in [0.1, 0.15) is 18.1 Å². The Morgan fingerprint density at radius 1 is 1.29 bits per heavy atom. The maximum Gasteiger partial charge on any atom is 0.331 e. The van der Waals surface area contributed by atoms with Crippen LogP contribution in [0.3, 0.4) is 0 Å². The van der Waals surface area contributed by atoms with Gasteiger partial charge in [0.1, 0.15) is 6.10 Å². The average molecular weight is 253 g/mol. The van der Waals surface area contributed by atoms with Gasteiger partial charge in [-0.1, -0.05) is 34.1 Å². The molecular weight excluding hydrogens is 244 g/mol. The van der Waals surface area contributed by atoms with Gasteiger partial charge in [0.15, 0.2) is 0 Å². The van der Waals surface area contributed by atoms with Gasteiger partial charge in [-0.15, -0.1) is 0 Å². The fraction of sp³-hybridized carbons (Fsp3) is 0.182. The van der Waals surface area contributed by atoms with E-state index in [1.54, 1.807) is 0 Å². The minimum absolute atomic E-state index is 0.124. The first kappa shape index (κ1) is 9.46. The van der Waals surface area contributed by atoms with E-state index >= 15 is 0 Å². The first-order valence-electron chi connectivity index (χ1n) is 4.38. The van der Waals surface area contributed by atoms with Crippen molar-refractivity contribution in [2.45, 2.75) is 12.5 Å². The second kappa shape index (κ2) is 3.96. The van der Waals surface area contributed by atoms with Crippen LogP contribution in [0.4, 0.5) is 0 Å². The summed E-state index contributed by atoms with van der Waals surface area (Å²) >= 11 is 3.36. The maximum atomic E-state index is 11.0. The van der Waals surface area contributed by atoms with Crippen molar-refractivity contribution in [3.63, 3.8) is 0 Å². The third-order valence-corrected chi connectivity index (χ3v) is 2.63. The molecule has 3 heteroatoms. The van der Waals surface area contributed by atoms with Crippen LogP contribution in [0.25, 0.3) is 0 Å². The van der Waals surface area contributed by atoms with Crippen LogP contribution in [0.15, 0.2) is 40.9 Å². The van der Waals surface area contributed by atoms with Crippen molar-refractivity contribution in [1.29, 1.82) is 0 Å². The Balaban J connectivity index is 2.19. The van der Waals surface area contributed by atoms with Crippen molar-refractivity contribution >= 4 is 21.9 Å². The van der Waals surface area contributed by atoms with Crippen molar-refractivity contribution in [2.24, 2.45) is 0 Å². The summed E-state index contributed by atoms with van der Waals surface area (Å²) in [6.45, 7) is 0. The summed E-state index contributed by atoms with van der Waals surface area (Å²) in [4.78, 5) is 11.0. The first-order valence-corrected chi connectivity index (χ1v) is 5.17. The van der Waals surface area contributed by atoms with Gasteiger partial charge in [0.25, 0.3) is 0 Å². The molecule has 1 aliphatic rings. The van der Waals surface area contributed by atoms with Gasteiger partial charge >= 0.3 is 5.97 Å². The third-order valence-electron chi connectivity index (χ3n) is 2.10. The quantitative estimate of drug-likeness (QED) is 0.719. The molecule has 14 heavy (non-hydrogen) atoms. The lowest BCUT2D eigenvalue weighted by atomic mass is 10.1. The van der Waals surface area contributed by atoms with Crippen molar-refractivity contribution in [3.8, 4) is 0 Å². The Bertz CT molecular complexity index is 367. The van der Waals surface area contributed by atoms with Crippen molar-refractivity contribution in [3.05, 3.63) is 46.5 Å². The Hall–Kier alpha value is -1.09. The van der Waals surface area contributed by atoms with Gasteiger partial charge < -0.3 is 4.74 Å². The average Bonchev–Trinajstić information content (AvgIpc) is 2.19. The molecule has 0 bridgehead atoms. The van der Waals surface area contributed by atoms with E-state index in [-0.39, 0.29) is 12.1 Å². The van der Waals surface area contributed by atoms with Crippen LogP contribution in [0.5, 0.6) is 0 Å². The maximum absolute atomic E-state index is 11.0. The number of hydrogen-bond donors (Lipinski definition) is 0. The van der Waals surface area contributed by atoms with Crippen molar-refractivity contribution in [1.82, 2.24) is 0 Å². The highest BCUT2D eigenvalue weighted by Crippen LogP contribution is 2.26. The number of esters is 1. The molecule has 0 radical (unpaired) electrons. The molecule has 2 nitrogen and oxygen atoms in total. The molecule has 1 aliphatic heterocycles. The summed E-state index contributed by atoms with van der Waals surface area (Å²) in [7, 11) is 0. The molecule has 1 atom stereocenters. The highest BCUT2D eigenvalue weighted by Gasteiger charge is 2.17. The standard InChI is InChI=1S/C11H9BrO2/c12-9-6-4-8(5-7-9)10-2-1-3-11(13)14-10/h1,3-7,10H,2H2. The topological polar surface area (TPSA) is 26.3 Å². The molecule has 1 heterocycles. The van der Waals surface area contributed by atoms with E-state index in [2.05, 4.69) is 15.9 Å². The van der Waals surface area contributed by atoms with E-state index < -0.39 is 0 Å². The zero-order valence-electron chi connectivity index (χ0n) is 7.44. The minimum Gasteiger partial charge on any atom is -0.454 e. The Kier molecular flexibility index (Phi) is 2.68. The summed E-state index contributed by atoms with van der Waals surface area (Å²) in [6.07, 6.45) is 3.95. The molecule has 1 aromatic carbocycles. The molecule has 0 saturated heterocycles. The predicted octanol–water partition coefficient (Wildman–Crippen LogP) is 2.99. The van der Waals surface area contributed by atoms with Crippen LogP contribution in [-0.2, 0) is 9.53 Å². The van der Waals surface area contributed by atoms with Crippen LogP contribution < -0.4 is 0 Å². The van der Waals surface area contributed by atoms with Crippen LogP contribution in [0, 0.1) is 0 Å². The molecule has 0 fully saturated rings. The van der Waals surface area contributed by atoms with Gasteiger partial charge in [-0.05, 0) is 17.7 Å². The monoisotopic (exact) mass is 252 g/mol. The van der Waals surface area contributed by atoms with Crippen molar-refractivity contribution < 1.29 is 9.53 Å². The summed E-state index contributed by atoms with van der Waals surface area (Å²) in [5.41, 5.74) is 1.03. The van der Waals surface area contributed by atoms with Crippen LogP contribution >= 0.6 is 15.9 Å². The first-order chi connectivity index (χ1) is 6.75. The Morgan fingerprint density at radius 3 is 2.64 bits per heavy atom. The highest BCUT2D eigenvalue weighted by molar-refractivity contribution is 9.10. The van der Waals surface area contributed by atoms with E-state index in [0.29, 0.717) is 0 Å². The number of benzene rings is 1. The molecule has 1 unspecified atom stereocenters. The molecule has 0 aromatic heterocycles. The lowest BCUT2D eigenvalue weighted by Gasteiger charge is -2.18. The molecule has 0 saturated carbocycles. The zero-order chi connectivity index (χ0) is 9.97. The SMILES string of the molecule is O=C1C=CCC(c2ccc(Br)cc2)O1. The molecule has 0 spiro atoms. The predicted molar refractivity (Wildman–Crippen MR) is 56.7 cm³/mol. The van der Waals surface area contributed by atoms with Gasteiger partial charge in [-0.3, -0.25) is 0 Å². The van der Waals surface area contributed by atoms with E-state index in [0.717, 1.165) is 16.5 Å². The molecule has 0 amide bonds. The lowest BCUT2D eigenvalue weighted by molar-refractivity contribution is -0.144. The Labute approximate surface area is 90.7 Å². The van der Waals surface area contributed by atoms with Gasteiger partial charge in [-0.25, -0.2) is 4.79 Å². The summed E-state index contributed by atoms with van der Waals surface area (Å²) in [5.74, 6) is -0.260. The fourth-order valence-electron chi connectivity index (χ4n) is 1.40. The Morgan fingerprint density at radius 2 is 2.00 bits per heavy atom. The normalized spacial score (nSPS) is 20.6. The number of halogens is 1. The van der Waals surface area contributed by atoms with Crippen LogP contribution in [0.2, 0.25) is 0 Å². The molecule has 2 rings (SSSR count). The second-order valence-corrected chi connectivity index (χ2v) is 4.03.